The van der Waals surface area contributed by atoms with Gasteiger partial charge in [0.05, 0.1) is 13.3 Å². The van der Waals surface area contributed by atoms with Crippen molar-refractivity contribution in [1.29, 1.82) is 0 Å². The van der Waals surface area contributed by atoms with Crippen molar-refractivity contribution in [2.24, 2.45) is 0 Å². The maximum atomic E-state index is 11.5. The molecule has 0 amide bonds. The number of fused-ring (bicyclic) bond motifs is 3. The zero-order valence-electron chi connectivity index (χ0n) is 12.6. The standard InChI is InChI=1S/C15H15N3O5/c1-21-9-7-11-10(3-6-17-4-2-5-17)13-18(12(11)16-8-9)23-15(20)14(19)22-13/h7-8H,2-6H2,1H3. The summed E-state index contributed by atoms with van der Waals surface area (Å²) >= 11 is 0. The lowest BCUT2D eigenvalue weighted by atomic mass is 10.1. The number of nitrogens with zero attached hydrogens (tertiary/aromatic N) is 3. The highest BCUT2D eigenvalue weighted by molar-refractivity contribution is 5.87. The van der Waals surface area contributed by atoms with Crippen LogP contribution in [-0.2, 0) is 6.42 Å². The van der Waals surface area contributed by atoms with Crippen molar-refractivity contribution in [3.8, 4) is 5.75 Å². The molecule has 0 spiro atoms. The minimum absolute atomic E-state index is 0.228. The number of hydrogen-bond donors (Lipinski definition) is 0. The summed E-state index contributed by atoms with van der Waals surface area (Å²) in [6.07, 6.45) is 3.40. The van der Waals surface area contributed by atoms with Gasteiger partial charge in [0, 0.05) is 17.5 Å². The van der Waals surface area contributed by atoms with Crippen molar-refractivity contribution in [3.63, 3.8) is 0 Å². The molecular formula is C15H15N3O5. The Morgan fingerprint density at radius 1 is 1.30 bits per heavy atom. The van der Waals surface area contributed by atoms with Crippen LogP contribution in [0.15, 0.2) is 30.8 Å². The number of rotatable bonds is 4. The van der Waals surface area contributed by atoms with Crippen molar-refractivity contribution in [3.05, 3.63) is 38.7 Å². The molecule has 23 heavy (non-hydrogen) atoms. The fourth-order valence-corrected chi connectivity index (χ4v) is 2.82. The average Bonchev–Trinajstić information content (AvgIpc) is 2.79. The summed E-state index contributed by atoms with van der Waals surface area (Å²) in [4.78, 5) is 29.6. The third-order valence-electron chi connectivity index (χ3n) is 4.19. The second kappa shape index (κ2) is 5.24. The molecule has 8 nitrogen and oxygen atoms in total. The van der Waals surface area contributed by atoms with Gasteiger partial charge in [0.25, 0.3) is 0 Å². The van der Waals surface area contributed by atoms with Crippen molar-refractivity contribution in [1.82, 2.24) is 14.5 Å². The highest BCUT2D eigenvalue weighted by atomic mass is 16.6. The summed E-state index contributed by atoms with van der Waals surface area (Å²) in [6, 6.07) is 1.81. The van der Waals surface area contributed by atoms with Gasteiger partial charge < -0.3 is 18.6 Å². The minimum atomic E-state index is -1.05. The van der Waals surface area contributed by atoms with Gasteiger partial charge in [0.2, 0.25) is 5.71 Å². The Bertz CT molecular complexity index is 996. The SMILES string of the molecule is COc1cnc2c(c1)c(CCN1CCC1)c1oc(=O)c(=O)on12. The summed E-state index contributed by atoms with van der Waals surface area (Å²) in [5, 5.41) is 0.752. The van der Waals surface area contributed by atoms with E-state index in [0.29, 0.717) is 17.8 Å². The third-order valence-corrected chi connectivity index (χ3v) is 4.19. The Balaban J connectivity index is 1.94. The lowest BCUT2D eigenvalue weighted by molar-refractivity contribution is 0.184. The molecule has 0 N–H and O–H groups in total. The minimum Gasteiger partial charge on any atom is -0.495 e. The Labute approximate surface area is 129 Å². The van der Waals surface area contributed by atoms with Gasteiger partial charge in [-0.05, 0) is 32.0 Å². The van der Waals surface area contributed by atoms with Gasteiger partial charge in [-0.15, -0.1) is 4.57 Å². The van der Waals surface area contributed by atoms with E-state index in [9.17, 15) is 9.59 Å². The molecule has 8 heteroatoms. The van der Waals surface area contributed by atoms with E-state index in [4.69, 9.17) is 13.7 Å². The van der Waals surface area contributed by atoms with Crippen molar-refractivity contribution in [2.75, 3.05) is 26.7 Å². The van der Waals surface area contributed by atoms with Gasteiger partial charge in [0.1, 0.15) is 5.75 Å². The van der Waals surface area contributed by atoms with Crippen molar-refractivity contribution >= 4 is 16.7 Å². The second-order valence-electron chi connectivity index (χ2n) is 5.54. The van der Waals surface area contributed by atoms with Crippen LogP contribution >= 0.6 is 0 Å². The number of pyridine rings is 1. The molecule has 4 heterocycles. The van der Waals surface area contributed by atoms with Gasteiger partial charge in [0.15, 0.2) is 5.65 Å². The zero-order valence-corrected chi connectivity index (χ0v) is 12.6. The fraction of sp³-hybridized carbons (Fsp3) is 0.400. The molecule has 1 aliphatic rings. The number of methoxy groups -OCH3 is 1. The van der Waals surface area contributed by atoms with Crippen LogP contribution in [-0.4, -0.2) is 41.2 Å². The molecule has 0 atom stereocenters. The zero-order chi connectivity index (χ0) is 16.0. The van der Waals surface area contributed by atoms with Gasteiger partial charge in [-0.25, -0.2) is 14.6 Å². The quantitative estimate of drug-likeness (QED) is 0.653. The molecule has 4 rings (SSSR count). The molecule has 1 fully saturated rings. The van der Waals surface area contributed by atoms with Crippen LogP contribution in [0.3, 0.4) is 0 Å². The highest BCUT2D eigenvalue weighted by Crippen LogP contribution is 2.28. The maximum Gasteiger partial charge on any atom is 0.442 e. The third kappa shape index (κ3) is 2.22. The predicted molar refractivity (Wildman–Crippen MR) is 81.1 cm³/mol. The van der Waals surface area contributed by atoms with Crippen molar-refractivity contribution in [2.45, 2.75) is 12.8 Å². The molecule has 0 bridgehead atoms. The first-order valence-electron chi connectivity index (χ1n) is 7.41. The number of likely N-dealkylation sites (tertiary alicyclic amines) is 1. The van der Waals surface area contributed by atoms with E-state index < -0.39 is 11.3 Å². The van der Waals surface area contributed by atoms with Crippen LogP contribution in [0.4, 0.5) is 0 Å². The van der Waals surface area contributed by atoms with E-state index in [0.717, 1.165) is 30.6 Å². The van der Waals surface area contributed by atoms with E-state index in [1.807, 2.05) is 0 Å². The van der Waals surface area contributed by atoms with E-state index in [2.05, 4.69) is 9.88 Å². The van der Waals surface area contributed by atoms with Crippen LogP contribution < -0.4 is 16.0 Å². The lowest BCUT2D eigenvalue weighted by Crippen LogP contribution is -2.38. The first-order chi connectivity index (χ1) is 11.2. The smallest absolute Gasteiger partial charge is 0.442 e. The predicted octanol–water partition coefficient (Wildman–Crippen LogP) is 0.651. The van der Waals surface area contributed by atoms with Gasteiger partial charge in [-0.2, -0.15) is 0 Å². The maximum absolute atomic E-state index is 11.5. The van der Waals surface area contributed by atoms with Crippen LogP contribution in [0, 0.1) is 0 Å². The molecule has 1 saturated heterocycles. The summed E-state index contributed by atoms with van der Waals surface area (Å²) in [5.41, 5.74) is -0.621. The molecule has 3 aromatic rings. The lowest BCUT2D eigenvalue weighted by Gasteiger charge is -2.30. The molecule has 3 aromatic heterocycles. The van der Waals surface area contributed by atoms with Crippen LogP contribution in [0.1, 0.15) is 12.0 Å². The summed E-state index contributed by atoms with van der Waals surface area (Å²) < 4.78 is 16.6. The first kappa shape index (κ1) is 14.0. The molecule has 0 aliphatic carbocycles. The van der Waals surface area contributed by atoms with Crippen LogP contribution in [0.5, 0.6) is 5.75 Å². The topological polar surface area (TPSA) is 90.2 Å². The van der Waals surface area contributed by atoms with E-state index in [-0.39, 0.29) is 5.71 Å². The number of ether oxygens (including phenoxy) is 1. The Morgan fingerprint density at radius 3 is 2.83 bits per heavy atom. The normalized spacial score (nSPS) is 15.2. The highest BCUT2D eigenvalue weighted by Gasteiger charge is 2.21. The Kier molecular flexibility index (Phi) is 3.19. The summed E-state index contributed by atoms with van der Waals surface area (Å²) in [7, 11) is 1.55. The molecular weight excluding hydrogens is 302 g/mol. The van der Waals surface area contributed by atoms with Gasteiger partial charge in [-0.1, -0.05) is 0 Å². The van der Waals surface area contributed by atoms with Crippen molar-refractivity contribution < 1.29 is 13.7 Å². The summed E-state index contributed by atoms with van der Waals surface area (Å²) in [5.74, 6) is 0.586. The van der Waals surface area contributed by atoms with Crippen LogP contribution in [0.25, 0.3) is 16.7 Å². The largest absolute Gasteiger partial charge is 0.495 e. The van der Waals surface area contributed by atoms with Gasteiger partial charge >= 0.3 is 11.3 Å². The molecule has 0 aromatic carbocycles. The Morgan fingerprint density at radius 2 is 2.13 bits per heavy atom. The Hall–Kier alpha value is -2.61. The van der Waals surface area contributed by atoms with Crippen LogP contribution in [0.2, 0.25) is 0 Å². The fourth-order valence-electron chi connectivity index (χ4n) is 2.82. The summed E-state index contributed by atoms with van der Waals surface area (Å²) in [6.45, 7) is 2.99. The van der Waals surface area contributed by atoms with E-state index in [1.54, 1.807) is 13.2 Å². The molecule has 0 radical (unpaired) electrons. The molecule has 120 valence electrons. The molecule has 0 unspecified atom stereocenters. The van der Waals surface area contributed by atoms with E-state index >= 15 is 0 Å². The monoisotopic (exact) mass is 317 g/mol. The van der Waals surface area contributed by atoms with E-state index in [1.165, 1.54) is 17.2 Å². The first-order valence-corrected chi connectivity index (χ1v) is 7.41. The molecule has 0 saturated carbocycles. The number of hydrogen-bond acceptors (Lipinski definition) is 7. The van der Waals surface area contributed by atoms with Gasteiger partial charge in [-0.3, -0.25) is 0 Å². The average molecular weight is 317 g/mol. The molecule has 1 aliphatic heterocycles. The second-order valence-corrected chi connectivity index (χ2v) is 5.54. The number of aromatic nitrogens is 2.